The van der Waals surface area contributed by atoms with E-state index in [0.29, 0.717) is 18.1 Å². The average molecular weight is 275 g/mol. The molecule has 0 atom stereocenters. The fraction of sp³-hybridized carbons (Fsp3) is 0.357. The Bertz CT molecular complexity index is 635. The van der Waals surface area contributed by atoms with Gasteiger partial charge in [0.25, 0.3) is 0 Å². The van der Waals surface area contributed by atoms with Crippen molar-refractivity contribution in [2.24, 2.45) is 0 Å². The summed E-state index contributed by atoms with van der Waals surface area (Å²) < 4.78 is 6.82. The SMILES string of the molecule is COc1cccc(-n2nc(C)c(CCC(=O)O)c2C)n1. The first-order chi connectivity index (χ1) is 9.52. The summed E-state index contributed by atoms with van der Waals surface area (Å²) in [5.41, 5.74) is 2.69. The summed E-state index contributed by atoms with van der Waals surface area (Å²) in [5, 5.41) is 13.2. The number of hydrogen-bond acceptors (Lipinski definition) is 4. The van der Waals surface area contributed by atoms with Crippen molar-refractivity contribution in [3.05, 3.63) is 35.2 Å². The third-order valence-electron chi connectivity index (χ3n) is 3.17. The molecule has 2 rings (SSSR count). The van der Waals surface area contributed by atoms with Gasteiger partial charge in [-0.3, -0.25) is 4.79 Å². The number of aromatic nitrogens is 3. The maximum absolute atomic E-state index is 10.7. The minimum atomic E-state index is -0.809. The molecular weight excluding hydrogens is 258 g/mol. The van der Waals surface area contributed by atoms with E-state index in [-0.39, 0.29) is 6.42 Å². The van der Waals surface area contributed by atoms with E-state index in [1.54, 1.807) is 17.9 Å². The molecule has 1 N–H and O–H groups in total. The Balaban J connectivity index is 2.37. The summed E-state index contributed by atoms with van der Waals surface area (Å²) in [6.45, 7) is 3.79. The van der Waals surface area contributed by atoms with E-state index >= 15 is 0 Å². The molecule has 2 aromatic heterocycles. The van der Waals surface area contributed by atoms with Gasteiger partial charge in [0.15, 0.2) is 5.82 Å². The van der Waals surface area contributed by atoms with Crippen molar-refractivity contribution in [3.8, 4) is 11.7 Å². The van der Waals surface area contributed by atoms with Crippen LogP contribution in [0, 0.1) is 13.8 Å². The van der Waals surface area contributed by atoms with Gasteiger partial charge in [-0.15, -0.1) is 0 Å². The third-order valence-corrected chi connectivity index (χ3v) is 3.17. The second-order valence-electron chi connectivity index (χ2n) is 4.49. The van der Waals surface area contributed by atoms with Crippen LogP contribution < -0.4 is 4.74 Å². The van der Waals surface area contributed by atoms with E-state index in [4.69, 9.17) is 9.84 Å². The number of pyridine rings is 1. The van der Waals surface area contributed by atoms with E-state index in [0.717, 1.165) is 17.0 Å². The molecule has 0 aromatic carbocycles. The molecular formula is C14H17N3O3. The Morgan fingerprint density at radius 1 is 1.40 bits per heavy atom. The van der Waals surface area contributed by atoms with Crippen LogP contribution >= 0.6 is 0 Å². The maximum Gasteiger partial charge on any atom is 0.303 e. The molecule has 0 amide bonds. The number of carboxylic acid groups (broad SMARTS) is 1. The van der Waals surface area contributed by atoms with Crippen molar-refractivity contribution >= 4 is 5.97 Å². The zero-order chi connectivity index (χ0) is 14.7. The van der Waals surface area contributed by atoms with E-state index in [1.165, 1.54) is 0 Å². The summed E-state index contributed by atoms with van der Waals surface area (Å²) in [6.07, 6.45) is 0.565. The van der Waals surface area contributed by atoms with Gasteiger partial charge >= 0.3 is 5.97 Å². The van der Waals surface area contributed by atoms with Gasteiger partial charge in [-0.05, 0) is 31.9 Å². The van der Waals surface area contributed by atoms with Gasteiger partial charge < -0.3 is 9.84 Å². The smallest absolute Gasteiger partial charge is 0.303 e. The lowest BCUT2D eigenvalue weighted by atomic mass is 10.1. The van der Waals surface area contributed by atoms with Crippen molar-refractivity contribution in [2.45, 2.75) is 26.7 Å². The molecule has 20 heavy (non-hydrogen) atoms. The van der Waals surface area contributed by atoms with Gasteiger partial charge in [0.1, 0.15) is 0 Å². The molecule has 0 radical (unpaired) electrons. The molecule has 6 nitrogen and oxygen atoms in total. The first-order valence-corrected chi connectivity index (χ1v) is 6.31. The summed E-state index contributed by atoms with van der Waals surface area (Å²) in [6, 6.07) is 5.44. The lowest BCUT2D eigenvalue weighted by molar-refractivity contribution is -0.136. The van der Waals surface area contributed by atoms with Crippen LogP contribution in [0.3, 0.4) is 0 Å². The highest BCUT2D eigenvalue weighted by Crippen LogP contribution is 2.19. The minimum absolute atomic E-state index is 0.0961. The van der Waals surface area contributed by atoms with Gasteiger partial charge in [0.2, 0.25) is 5.88 Å². The van der Waals surface area contributed by atoms with Crippen molar-refractivity contribution in [1.29, 1.82) is 0 Å². The average Bonchev–Trinajstić information content (AvgIpc) is 2.72. The molecule has 6 heteroatoms. The number of nitrogens with zero attached hydrogens (tertiary/aromatic N) is 3. The zero-order valence-corrected chi connectivity index (χ0v) is 11.8. The standard InChI is InChI=1S/C14H17N3O3/c1-9-11(7-8-14(18)19)10(2)17(16-9)12-5-4-6-13(15-12)20-3/h4-6H,7-8H2,1-3H3,(H,18,19). The number of carboxylic acids is 1. The van der Waals surface area contributed by atoms with Crippen molar-refractivity contribution in [3.63, 3.8) is 0 Å². The van der Waals surface area contributed by atoms with Crippen LogP contribution in [0.2, 0.25) is 0 Å². The molecule has 2 aromatic rings. The topological polar surface area (TPSA) is 77.2 Å². The predicted octanol–water partition coefficient (Wildman–Crippen LogP) is 1.91. The second-order valence-corrected chi connectivity index (χ2v) is 4.49. The molecule has 0 spiro atoms. The molecule has 0 aliphatic rings. The van der Waals surface area contributed by atoms with Crippen LogP contribution in [0.15, 0.2) is 18.2 Å². The first kappa shape index (κ1) is 14.0. The fourth-order valence-electron chi connectivity index (χ4n) is 2.13. The lowest BCUT2D eigenvalue weighted by Crippen LogP contribution is -2.04. The van der Waals surface area contributed by atoms with Gasteiger partial charge in [0.05, 0.1) is 12.8 Å². The molecule has 106 valence electrons. The largest absolute Gasteiger partial charge is 0.481 e. The van der Waals surface area contributed by atoms with Gasteiger partial charge in [-0.2, -0.15) is 10.1 Å². The number of methoxy groups -OCH3 is 1. The molecule has 0 aliphatic heterocycles. The summed E-state index contributed by atoms with van der Waals surface area (Å²) in [7, 11) is 1.56. The van der Waals surface area contributed by atoms with Crippen LogP contribution in [-0.2, 0) is 11.2 Å². The second kappa shape index (κ2) is 5.73. The van der Waals surface area contributed by atoms with Crippen LogP contribution in [-0.4, -0.2) is 33.0 Å². The van der Waals surface area contributed by atoms with E-state index in [9.17, 15) is 4.79 Å². The number of aliphatic carboxylic acids is 1. The van der Waals surface area contributed by atoms with Crippen LogP contribution in [0.1, 0.15) is 23.4 Å². The molecule has 0 aliphatic carbocycles. The molecule has 0 saturated heterocycles. The molecule has 2 heterocycles. The molecule has 0 saturated carbocycles. The van der Waals surface area contributed by atoms with Crippen LogP contribution in [0.25, 0.3) is 5.82 Å². The van der Waals surface area contributed by atoms with E-state index < -0.39 is 5.97 Å². The normalized spacial score (nSPS) is 10.6. The lowest BCUT2D eigenvalue weighted by Gasteiger charge is -2.06. The highest BCUT2D eigenvalue weighted by Gasteiger charge is 2.14. The first-order valence-electron chi connectivity index (χ1n) is 6.31. The number of ether oxygens (including phenoxy) is 1. The quantitative estimate of drug-likeness (QED) is 0.902. The number of rotatable bonds is 5. The maximum atomic E-state index is 10.7. The van der Waals surface area contributed by atoms with E-state index in [2.05, 4.69) is 10.1 Å². The van der Waals surface area contributed by atoms with Gasteiger partial charge in [-0.25, -0.2) is 4.68 Å². The highest BCUT2D eigenvalue weighted by molar-refractivity contribution is 5.67. The van der Waals surface area contributed by atoms with Crippen molar-refractivity contribution < 1.29 is 14.6 Å². The van der Waals surface area contributed by atoms with Crippen molar-refractivity contribution in [2.75, 3.05) is 7.11 Å². The van der Waals surface area contributed by atoms with E-state index in [1.807, 2.05) is 26.0 Å². The minimum Gasteiger partial charge on any atom is -0.481 e. The summed E-state index contributed by atoms with van der Waals surface area (Å²) in [5.74, 6) is 0.365. The predicted molar refractivity (Wildman–Crippen MR) is 73.3 cm³/mol. The van der Waals surface area contributed by atoms with Crippen molar-refractivity contribution in [1.82, 2.24) is 14.8 Å². The Labute approximate surface area is 117 Å². The monoisotopic (exact) mass is 275 g/mol. The summed E-state index contributed by atoms with van der Waals surface area (Å²) in [4.78, 5) is 15.0. The Hall–Kier alpha value is -2.37. The Kier molecular flexibility index (Phi) is 4.02. The van der Waals surface area contributed by atoms with Crippen LogP contribution in [0.5, 0.6) is 5.88 Å². The molecule has 0 bridgehead atoms. The number of aryl methyl sites for hydroxylation is 1. The zero-order valence-electron chi connectivity index (χ0n) is 11.8. The van der Waals surface area contributed by atoms with Crippen LogP contribution in [0.4, 0.5) is 0 Å². The summed E-state index contributed by atoms with van der Waals surface area (Å²) >= 11 is 0. The Morgan fingerprint density at radius 2 is 2.15 bits per heavy atom. The van der Waals surface area contributed by atoms with Gasteiger partial charge in [0, 0.05) is 18.2 Å². The molecule has 0 fully saturated rings. The fourth-order valence-corrected chi connectivity index (χ4v) is 2.13. The molecule has 0 unspecified atom stereocenters. The number of carbonyl (C=O) groups is 1. The number of hydrogen-bond donors (Lipinski definition) is 1. The third kappa shape index (κ3) is 2.79. The Morgan fingerprint density at radius 3 is 2.80 bits per heavy atom. The van der Waals surface area contributed by atoms with Gasteiger partial charge in [-0.1, -0.05) is 6.07 Å². The highest BCUT2D eigenvalue weighted by atomic mass is 16.5.